The first kappa shape index (κ1) is 21.4. The third-order valence-corrected chi connectivity index (χ3v) is 7.69. The molecule has 4 rings (SSSR count). The van der Waals surface area contributed by atoms with Crippen LogP contribution >= 0.6 is 0 Å². The summed E-state index contributed by atoms with van der Waals surface area (Å²) in [6.45, 7) is 3.30. The highest BCUT2D eigenvalue weighted by Gasteiger charge is 2.36. The van der Waals surface area contributed by atoms with E-state index in [0.717, 1.165) is 64.7 Å². The predicted molar refractivity (Wildman–Crippen MR) is 120 cm³/mol. The first-order valence-corrected chi connectivity index (χ1v) is 12.3. The fourth-order valence-corrected chi connectivity index (χ4v) is 5.85. The minimum Gasteiger partial charge on any atom is -0.343 e. The first-order chi connectivity index (χ1) is 14.7. The zero-order valence-electron chi connectivity index (χ0n) is 18.4. The van der Waals surface area contributed by atoms with Gasteiger partial charge < -0.3 is 9.80 Å². The van der Waals surface area contributed by atoms with Crippen molar-refractivity contribution in [2.45, 2.75) is 77.2 Å². The maximum atomic E-state index is 13.4. The summed E-state index contributed by atoms with van der Waals surface area (Å²) in [6, 6.07) is 10.4. The van der Waals surface area contributed by atoms with Gasteiger partial charge in [-0.05, 0) is 55.9 Å². The van der Waals surface area contributed by atoms with Gasteiger partial charge in [0.05, 0.1) is 0 Å². The molecule has 0 radical (unpaired) electrons. The topological polar surface area (TPSA) is 40.6 Å². The molecular weight excluding hydrogens is 372 g/mol. The highest BCUT2D eigenvalue weighted by Crippen LogP contribution is 2.34. The Morgan fingerprint density at radius 2 is 1.53 bits per heavy atom. The molecule has 1 saturated carbocycles. The van der Waals surface area contributed by atoms with Crippen molar-refractivity contribution in [3.8, 4) is 0 Å². The second kappa shape index (κ2) is 10.5. The van der Waals surface area contributed by atoms with Crippen LogP contribution in [0.15, 0.2) is 30.3 Å². The van der Waals surface area contributed by atoms with E-state index in [-0.39, 0.29) is 5.92 Å². The van der Waals surface area contributed by atoms with Gasteiger partial charge in [0.15, 0.2) is 0 Å². The quantitative estimate of drug-likeness (QED) is 0.683. The Kier molecular flexibility index (Phi) is 7.46. The van der Waals surface area contributed by atoms with Gasteiger partial charge in [0.1, 0.15) is 0 Å². The van der Waals surface area contributed by atoms with Gasteiger partial charge in [0.25, 0.3) is 0 Å². The van der Waals surface area contributed by atoms with E-state index in [0.29, 0.717) is 23.7 Å². The third kappa shape index (κ3) is 5.44. The molecular formula is C26H38N2O2. The summed E-state index contributed by atoms with van der Waals surface area (Å²) in [5.74, 6) is 1.90. The van der Waals surface area contributed by atoms with Crippen LogP contribution in [0.2, 0.25) is 0 Å². The number of piperidine rings is 1. The van der Waals surface area contributed by atoms with Crippen molar-refractivity contribution in [3.05, 3.63) is 35.9 Å². The van der Waals surface area contributed by atoms with Crippen LogP contribution in [0.1, 0.15) is 76.2 Å². The maximum Gasteiger partial charge on any atom is 0.226 e. The molecule has 4 heteroatoms. The molecule has 4 nitrogen and oxygen atoms in total. The van der Waals surface area contributed by atoms with E-state index in [9.17, 15) is 9.59 Å². The molecule has 1 atom stereocenters. The molecule has 3 fully saturated rings. The van der Waals surface area contributed by atoms with Gasteiger partial charge in [-0.3, -0.25) is 9.59 Å². The molecule has 164 valence electrons. The highest BCUT2D eigenvalue weighted by molar-refractivity contribution is 5.80. The third-order valence-electron chi connectivity index (χ3n) is 7.69. The number of likely N-dealkylation sites (tertiary alicyclic amines) is 2. The van der Waals surface area contributed by atoms with Crippen LogP contribution in [0.4, 0.5) is 0 Å². The molecule has 0 unspecified atom stereocenters. The summed E-state index contributed by atoms with van der Waals surface area (Å²) in [7, 11) is 0. The minimum absolute atomic E-state index is 0.145. The van der Waals surface area contributed by atoms with Crippen LogP contribution < -0.4 is 0 Å². The average molecular weight is 411 g/mol. The Morgan fingerprint density at radius 1 is 0.833 bits per heavy atom. The lowest BCUT2D eigenvalue weighted by Crippen LogP contribution is -2.44. The number of amides is 2. The van der Waals surface area contributed by atoms with Crippen LogP contribution in [0, 0.1) is 17.8 Å². The zero-order chi connectivity index (χ0) is 20.8. The van der Waals surface area contributed by atoms with E-state index >= 15 is 0 Å². The number of hydrogen-bond donors (Lipinski definition) is 0. The molecule has 0 spiro atoms. The Bertz CT molecular complexity index is 690. The van der Waals surface area contributed by atoms with Crippen LogP contribution in [-0.4, -0.2) is 41.2 Å². The summed E-state index contributed by atoms with van der Waals surface area (Å²) >= 11 is 0. The van der Waals surface area contributed by atoms with Crippen LogP contribution in [0.25, 0.3) is 0 Å². The molecule has 1 aliphatic carbocycles. The summed E-state index contributed by atoms with van der Waals surface area (Å²) in [5.41, 5.74) is 1.22. The molecule has 2 saturated heterocycles. The average Bonchev–Trinajstić information content (AvgIpc) is 2.97. The Balaban J connectivity index is 1.30. The van der Waals surface area contributed by atoms with E-state index in [1.54, 1.807) is 0 Å². The zero-order valence-corrected chi connectivity index (χ0v) is 18.4. The summed E-state index contributed by atoms with van der Waals surface area (Å²) in [6.07, 6.45) is 12.4. The second-order valence-electron chi connectivity index (χ2n) is 9.77. The standard InChI is InChI=1S/C26H38N2O2/c29-25(19-21-9-3-1-4-10-21)27-17-14-23(15-18-27)24-13-7-8-16-28(26(24)30)20-22-11-5-2-6-12-22/h2,5-6,11-12,21,23-24H,1,3-4,7-10,13-20H2/t24-/m1/s1. The molecule has 0 aromatic heterocycles. The minimum atomic E-state index is 0.145. The van der Waals surface area contributed by atoms with Gasteiger partial charge in [0.2, 0.25) is 11.8 Å². The van der Waals surface area contributed by atoms with Gasteiger partial charge in [-0.1, -0.05) is 56.0 Å². The summed E-state index contributed by atoms with van der Waals surface area (Å²) < 4.78 is 0. The number of carbonyl (C=O) groups is 2. The van der Waals surface area contributed by atoms with Crippen molar-refractivity contribution in [1.82, 2.24) is 9.80 Å². The number of rotatable bonds is 5. The smallest absolute Gasteiger partial charge is 0.226 e. The fraction of sp³-hybridized carbons (Fsp3) is 0.692. The Labute approximate surface area is 182 Å². The molecule has 0 bridgehead atoms. The van der Waals surface area contributed by atoms with Gasteiger partial charge >= 0.3 is 0 Å². The van der Waals surface area contributed by atoms with Gasteiger partial charge in [-0.25, -0.2) is 0 Å². The van der Waals surface area contributed by atoms with Crippen LogP contribution in [-0.2, 0) is 16.1 Å². The van der Waals surface area contributed by atoms with Crippen molar-refractivity contribution in [3.63, 3.8) is 0 Å². The number of benzene rings is 1. The van der Waals surface area contributed by atoms with Crippen LogP contribution in [0.3, 0.4) is 0 Å². The highest BCUT2D eigenvalue weighted by atomic mass is 16.2. The largest absolute Gasteiger partial charge is 0.343 e. The summed E-state index contributed by atoms with van der Waals surface area (Å²) in [5, 5.41) is 0. The lowest BCUT2D eigenvalue weighted by molar-refractivity contribution is -0.139. The molecule has 1 aromatic carbocycles. The van der Waals surface area contributed by atoms with E-state index in [2.05, 4.69) is 34.1 Å². The fourth-order valence-electron chi connectivity index (χ4n) is 5.85. The molecule has 2 aliphatic heterocycles. The molecule has 2 heterocycles. The van der Waals surface area contributed by atoms with Crippen molar-refractivity contribution in [1.29, 1.82) is 0 Å². The summed E-state index contributed by atoms with van der Waals surface area (Å²) in [4.78, 5) is 30.3. The number of nitrogens with zero attached hydrogens (tertiary/aromatic N) is 2. The van der Waals surface area contributed by atoms with E-state index in [1.807, 2.05) is 6.07 Å². The maximum absolute atomic E-state index is 13.4. The molecule has 30 heavy (non-hydrogen) atoms. The number of carbonyl (C=O) groups excluding carboxylic acids is 2. The van der Waals surface area contributed by atoms with E-state index in [4.69, 9.17) is 0 Å². The normalized spacial score (nSPS) is 24.7. The molecule has 3 aliphatic rings. The van der Waals surface area contributed by atoms with Crippen molar-refractivity contribution in [2.75, 3.05) is 19.6 Å². The lowest BCUT2D eigenvalue weighted by atomic mass is 9.80. The lowest BCUT2D eigenvalue weighted by Gasteiger charge is -2.37. The molecule has 0 N–H and O–H groups in total. The SMILES string of the molecule is O=C(CC1CCCCC1)N1CCC([C@H]2CCCCN(Cc3ccccc3)C2=O)CC1. The van der Waals surface area contributed by atoms with Gasteiger partial charge in [-0.15, -0.1) is 0 Å². The van der Waals surface area contributed by atoms with Gasteiger partial charge in [0, 0.05) is 38.5 Å². The van der Waals surface area contributed by atoms with Crippen LogP contribution in [0.5, 0.6) is 0 Å². The Morgan fingerprint density at radius 3 is 2.27 bits per heavy atom. The second-order valence-corrected chi connectivity index (χ2v) is 9.77. The van der Waals surface area contributed by atoms with E-state index in [1.165, 1.54) is 37.7 Å². The van der Waals surface area contributed by atoms with Crippen molar-refractivity contribution in [2.24, 2.45) is 17.8 Å². The first-order valence-electron chi connectivity index (χ1n) is 12.3. The Hall–Kier alpha value is -1.84. The molecule has 1 aromatic rings. The van der Waals surface area contributed by atoms with Gasteiger partial charge in [-0.2, -0.15) is 0 Å². The van der Waals surface area contributed by atoms with E-state index < -0.39 is 0 Å². The van der Waals surface area contributed by atoms with Crippen molar-refractivity contribution < 1.29 is 9.59 Å². The predicted octanol–water partition coefficient (Wildman–Crippen LogP) is 5.02. The monoisotopic (exact) mass is 410 g/mol. The number of hydrogen-bond acceptors (Lipinski definition) is 2. The molecule has 2 amide bonds. The van der Waals surface area contributed by atoms with Crippen molar-refractivity contribution >= 4 is 11.8 Å².